The van der Waals surface area contributed by atoms with Gasteiger partial charge in [-0.05, 0) is 87.8 Å². The monoisotopic (exact) mass is 772 g/mol. The van der Waals surface area contributed by atoms with E-state index in [0.717, 1.165) is 77.9 Å². The molecule has 2 heterocycles. The Hall–Kier alpha value is -7.73. The van der Waals surface area contributed by atoms with Crippen molar-refractivity contribution in [2.75, 3.05) is 4.90 Å². The van der Waals surface area contributed by atoms with Crippen LogP contribution >= 0.6 is 0 Å². The van der Waals surface area contributed by atoms with E-state index in [1.54, 1.807) is 0 Å². The lowest BCUT2D eigenvalue weighted by molar-refractivity contribution is 0.411. The largest absolute Gasteiger partial charge is 0.455 e. The lowest BCUT2D eigenvalue weighted by atomic mass is 9.96. The summed E-state index contributed by atoms with van der Waals surface area (Å²) in [6.07, 6.45) is -0.606. The molecule has 5 nitrogen and oxygen atoms in total. The van der Waals surface area contributed by atoms with Crippen LogP contribution in [0, 0.1) is 0 Å². The van der Waals surface area contributed by atoms with E-state index in [0.29, 0.717) is 0 Å². The predicted octanol–water partition coefficient (Wildman–Crippen LogP) is 13.9. The van der Waals surface area contributed by atoms with Crippen molar-refractivity contribution in [3.8, 4) is 22.3 Å². The minimum absolute atomic E-state index is 0.296. The fourth-order valence-electron chi connectivity index (χ4n) is 8.60. The van der Waals surface area contributed by atoms with Crippen LogP contribution in [0.15, 0.2) is 228 Å². The number of anilines is 3. The van der Waals surface area contributed by atoms with E-state index < -0.39 is 0 Å². The van der Waals surface area contributed by atoms with Gasteiger partial charge in [-0.3, -0.25) is 5.32 Å². The molecule has 0 bridgehead atoms. The van der Waals surface area contributed by atoms with Gasteiger partial charge in [0.2, 0.25) is 0 Å². The molecular formula is C55H40N4O. The second-order valence-corrected chi connectivity index (χ2v) is 15.2. The first kappa shape index (κ1) is 35.4. The van der Waals surface area contributed by atoms with Gasteiger partial charge in [-0.2, -0.15) is 0 Å². The smallest absolute Gasteiger partial charge is 0.143 e. The van der Waals surface area contributed by atoms with E-state index in [4.69, 9.17) is 9.41 Å². The highest BCUT2D eigenvalue weighted by Crippen LogP contribution is 2.43. The number of hydrogen-bond acceptors (Lipinski definition) is 5. The summed E-state index contributed by atoms with van der Waals surface area (Å²) in [4.78, 5) is 7.64. The molecule has 2 atom stereocenters. The minimum Gasteiger partial charge on any atom is -0.455 e. The molecule has 2 N–H and O–H groups in total. The van der Waals surface area contributed by atoms with Crippen molar-refractivity contribution < 1.29 is 4.42 Å². The van der Waals surface area contributed by atoms with Gasteiger partial charge in [-0.25, -0.2) is 4.99 Å². The molecule has 10 aromatic rings. The van der Waals surface area contributed by atoms with Crippen LogP contribution in [0.3, 0.4) is 0 Å². The average Bonchev–Trinajstić information content (AvgIpc) is 3.72. The molecule has 0 saturated carbocycles. The Morgan fingerprint density at radius 3 is 1.78 bits per heavy atom. The molecule has 0 aliphatic carbocycles. The molecule has 0 fully saturated rings. The van der Waals surface area contributed by atoms with E-state index >= 15 is 0 Å². The van der Waals surface area contributed by atoms with E-state index in [2.05, 4.69) is 234 Å². The van der Waals surface area contributed by atoms with Gasteiger partial charge in [-0.15, -0.1) is 0 Å². The van der Waals surface area contributed by atoms with Crippen molar-refractivity contribution in [1.82, 2.24) is 10.6 Å². The van der Waals surface area contributed by atoms with Crippen molar-refractivity contribution >= 4 is 55.6 Å². The average molecular weight is 773 g/mol. The van der Waals surface area contributed by atoms with Gasteiger partial charge in [0, 0.05) is 44.3 Å². The molecule has 0 spiro atoms. The van der Waals surface area contributed by atoms with E-state index in [1.807, 2.05) is 0 Å². The number of para-hydroxylation sites is 1. The van der Waals surface area contributed by atoms with Crippen LogP contribution < -0.4 is 15.5 Å². The third kappa shape index (κ3) is 6.57. The summed E-state index contributed by atoms with van der Waals surface area (Å²) in [5.74, 6) is 0.828. The van der Waals surface area contributed by atoms with Gasteiger partial charge in [0.1, 0.15) is 29.3 Å². The molecule has 5 heteroatoms. The van der Waals surface area contributed by atoms with Crippen LogP contribution in [-0.4, -0.2) is 5.84 Å². The second-order valence-electron chi connectivity index (χ2n) is 15.2. The number of hydrogen-bond donors (Lipinski definition) is 2. The molecular weight excluding hydrogens is 733 g/mol. The molecule has 60 heavy (non-hydrogen) atoms. The Labute approximate surface area is 348 Å². The summed E-state index contributed by atoms with van der Waals surface area (Å²) in [6, 6.07) is 76.9. The summed E-state index contributed by atoms with van der Waals surface area (Å²) in [7, 11) is 0. The summed E-state index contributed by atoms with van der Waals surface area (Å²) in [5.41, 5.74) is 12.8. The van der Waals surface area contributed by atoms with Gasteiger partial charge in [0.05, 0.1) is 0 Å². The van der Waals surface area contributed by atoms with Crippen LogP contribution in [0.4, 0.5) is 17.1 Å². The lowest BCUT2D eigenvalue weighted by Crippen LogP contribution is -2.45. The highest BCUT2D eigenvalue weighted by molar-refractivity contribution is 6.17. The summed E-state index contributed by atoms with van der Waals surface area (Å²) < 4.78 is 6.89. The van der Waals surface area contributed by atoms with Gasteiger partial charge in [-0.1, -0.05) is 164 Å². The minimum atomic E-state index is -0.310. The Kier molecular flexibility index (Phi) is 8.99. The number of nitrogens with zero attached hydrogens (tertiary/aromatic N) is 2. The molecule has 2 unspecified atom stereocenters. The maximum Gasteiger partial charge on any atom is 0.143 e. The number of nitrogens with one attached hydrogen (secondary N) is 2. The summed E-state index contributed by atoms with van der Waals surface area (Å²) in [5, 5.41) is 12.1. The topological polar surface area (TPSA) is 52.8 Å². The molecule has 1 aliphatic heterocycles. The summed E-state index contributed by atoms with van der Waals surface area (Å²) >= 11 is 0. The molecule has 1 aromatic heterocycles. The maximum absolute atomic E-state index is 6.89. The number of aliphatic imine (C=N–C) groups is 1. The Balaban J connectivity index is 1.07. The fraction of sp³-hybridized carbons (Fsp3) is 0.0364. The number of rotatable bonds is 8. The first-order valence-electron chi connectivity index (χ1n) is 20.4. The molecule has 0 amide bonds. The maximum atomic E-state index is 6.89. The third-order valence-corrected chi connectivity index (χ3v) is 11.5. The zero-order chi connectivity index (χ0) is 39.8. The van der Waals surface area contributed by atoms with Crippen LogP contribution in [0.25, 0.3) is 55.0 Å². The standard InChI is InChI=1S/C55H40N4O/c1-5-16-37(17-6-1)39-28-30-45(31-29-39)59(44-25-11-4-12-26-44)46-32-33-50-48(36-46)51-49(35-42-22-13-14-27-47(42)52(51)60-50)55-57-53(40-20-9-3-10-21-40)56-54(58-55)43-24-15-23-41(34-43)38-18-7-2-8-19-38/h1-36,53,55,57H,(H,56,58). The van der Waals surface area contributed by atoms with Crippen molar-refractivity contribution in [1.29, 1.82) is 0 Å². The fourth-order valence-corrected chi connectivity index (χ4v) is 8.60. The predicted molar refractivity (Wildman–Crippen MR) is 248 cm³/mol. The zero-order valence-electron chi connectivity index (χ0n) is 32.7. The van der Waals surface area contributed by atoms with E-state index in [9.17, 15) is 0 Å². The second kappa shape index (κ2) is 15.2. The highest BCUT2D eigenvalue weighted by Gasteiger charge is 2.29. The van der Waals surface area contributed by atoms with Gasteiger partial charge >= 0.3 is 0 Å². The van der Waals surface area contributed by atoms with Crippen molar-refractivity contribution in [3.63, 3.8) is 0 Å². The molecule has 0 radical (unpaired) electrons. The van der Waals surface area contributed by atoms with Gasteiger partial charge in [0.15, 0.2) is 0 Å². The quantitative estimate of drug-likeness (QED) is 0.161. The highest BCUT2D eigenvalue weighted by atomic mass is 16.3. The third-order valence-electron chi connectivity index (χ3n) is 11.5. The van der Waals surface area contributed by atoms with Crippen LogP contribution in [0.5, 0.6) is 0 Å². The Morgan fingerprint density at radius 2 is 1.03 bits per heavy atom. The molecule has 286 valence electrons. The Morgan fingerprint density at radius 1 is 0.450 bits per heavy atom. The molecule has 9 aromatic carbocycles. The van der Waals surface area contributed by atoms with Gasteiger partial charge in [0.25, 0.3) is 0 Å². The van der Waals surface area contributed by atoms with Crippen LogP contribution in [-0.2, 0) is 0 Å². The molecule has 1 aliphatic rings. The van der Waals surface area contributed by atoms with E-state index in [-0.39, 0.29) is 12.3 Å². The SMILES string of the molecule is c1ccc(-c2ccc(N(c3ccccc3)c3ccc4oc5c6ccccc6cc(C6NC(c7cccc(-c8ccccc8)c7)=NC(c7ccccc7)N6)c5c4c3)cc2)cc1. The van der Waals surface area contributed by atoms with Crippen LogP contribution in [0.1, 0.15) is 29.0 Å². The van der Waals surface area contributed by atoms with E-state index in [1.165, 1.54) is 16.7 Å². The number of furan rings is 1. The van der Waals surface area contributed by atoms with Crippen LogP contribution in [0.2, 0.25) is 0 Å². The van der Waals surface area contributed by atoms with Crippen molar-refractivity contribution in [3.05, 3.63) is 235 Å². The Bertz CT molecular complexity index is 3140. The zero-order valence-corrected chi connectivity index (χ0v) is 32.7. The number of benzene rings is 9. The van der Waals surface area contributed by atoms with Gasteiger partial charge < -0.3 is 14.6 Å². The lowest BCUT2D eigenvalue weighted by Gasteiger charge is -2.33. The first-order chi connectivity index (χ1) is 29.7. The number of fused-ring (bicyclic) bond motifs is 5. The normalized spacial score (nSPS) is 15.2. The van der Waals surface area contributed by atoms with Crippen molar-refractivity contribution in [2.24, 2.45) is 4.99 Å². The molecule has 0 saturated heterocycles. The molecule has 11 rings (SSSR count). The number of amidine groups is 1. The van der Waals surface area contributed by atoms with Crippen molar-refractivity contribution in [2.45, 2.75) is 12.3 Å². The summed E-state index contributed by atoms with van der Waals surface area (Å²) in [6.45, 7) is 0. The first-order valence-corrected chi connectivity index (χ1v) is 20.4.